The molecule has 2 atom stereocenters. The molecule has 0 aliphatic carbocycles. The number of rotatable bonds is 2. The quantitative estimate of drug-likeness (QED) is 0.827. The Balaban J connectivity index is 2.00. The maximum atomic E-state index is 13.2. The third kappa shape index (κ3) is 1.86. The number of hydrogen-bond donors (Lipinski definition) is 0. The number of fused-ring (bicyclic) bond motifs is 2. The summed E-state index contributed by atoms with van der Waals surface area (Å²) in [6.07, 6.45) is 4.86. The smallest absolute Gasteiger partial charge is 0.207 e. The lowest BCUT2D eigenvalue weighted by Gasteiger charge is -2.33. The fraction of sp³-hybridized carbons (Fsp3) is 0.538. The Morgan fingerprint density at radius 3 is 2.39 bits per heavy atom. The third-order valence-electron chi connectivity index (χ3n) is 4.00. The van der Waals surface area contributed by atoms with Crippen molar-refractivity contribution in [2.75, 3.05) is 0 Å². The van der Waals surface area contributed by atoms with Crippen LogP contribution in [-0.4, -0.2) is 24.8 Å². The summed E-state index contributed by atoms with van der Waals surface area (Å²) in [5, 5.41) is 0. The molecule has 2 saturated heterocycles. The first-order valence-corrected chi connectivity index (χ1v) is 7.82. The zero-order chi connectivity index (χ0) is 12.8. The summed E-state index contributed by atoms with van der Waals surface area (Å²) in [7, 11) is -3.53. The van der Waals surface area contributed by atoms with Gasteiger partial charge in [-0.25, -0.2) is 12.8 Å². The zero-order valence-electron chi connectivity index (χ0n) is 10.0. The van der Waals surface area contributed by atoms with Crippen LogP contribution < -0.4 is 0 Å². The molecule has 2 bridgehead atoms. The summed E-state index contributed by atoms with van der Waals surface area (Å²) in [6.45, 7) is 0. The van der Waals surface area contributed by atoms with Crippen molar-refractivity contribution in [1.82, 2.24) is 4.31 Å². The van der Waals surface area contributed by atoms with Gasteiger partial charge in [0.2, 0.25) is 10.0 Å². The van der Waals surface area contributed by atoms with E-state index in [2.05, 4.69) is 0 Å². The molecule has 2 heterocycles. The van der Waals surface area contributed by atoms with Crippen molar-refractivity contribution in [2.24, 2.45) is 0 Å². The van der Waals surface area contributed by atoms with E-state index in [1.54, 1.807) is 4.31 Å². The number of sulfonamides is 1. The van der Waals surface area contributed by atoms with Crippen molar-refractivity contribution in [3.63, 3.8) is 0 Å². The summed E-state index contributed by atoms with van der Waals surface area (Å²) in [5.41, 5.74) is 0. The first-order chi connectivity index (χ1) is 8.59. The Hall–Kier alpha value is -0.940. The van der Waals surface area contributed by atoms with Crippen LogP contribution in [0, 0.1) is 5.82 Å². The largest absolute Gasteiger partial charge is 0.243 e. The van der Waals surface area contributed by atoms with E-state index in [1.165, 1.54) is 18.2 Å². The molecule has 1 aromatic rings. The van der Waals surface area contributed by atoms with Crippen molar-refractivity contribution in [1.29, 1.82) is 0 Å². The number of hydrogen-bond acceptors (Lipinski definition) is 2. The van der Waals surface area contributed by atoms with E-state index in [-0.39, 0.29) is 17.0 Å². The van der Waals surface area contributed by atoms with Crippen LogP contribution in [0.2, 0.25) is 0 Å². The van der Waals surface area contributed by atoms with Crippen molar-refractivity contribution >= 4 is 10.0 Å². The Morgan fingerprint density at radius 2 is 1.78 bits per heavy atom. The van der Waals surface area contributed by atoms with E-state index in [0.29, 0.717) is 0 Å². The number of piperidine rings is 1. The Morgan fingerprint density at radius 1 is 1.11 bits per heavy atom. The molecular weight excluding hydrogens is 253 g/mol. The fourth-order valence-electron chi connectivity index (χ4n) is 3.21. The molecule has 2 aliphatic heterocycles. The topological polar surface area (TPSA) is 37.4 Å². The predicted molar refractivity (Wildman–Crippen MR) is 66.1 cm³/mol. The van der Waals surface area contributed by atoms with Gasteiger partial charge in [0.15, 0.2) is 0 Å². The number of halogens is 1. The van der Waals surface area contributed by atoms with Gasteiger partial charge in [0.25, 0.3) is 0 Å². The average molecular weight is 269 g/mol. The molecule has 0 spiro atoms. The standard InChI is InChI=1S/C13H16FNO2S/c14-10-3-1-6-13(9-10)18(16,17)15-11-4-2-5-12(15)8-7-11/h1,3,6,9,11-12H,2,4-5,7-8H2. The number of nitrogens with zero attached hydrogens (tertiary/aromatic N) is 1. The Bertz CT molecular complexity index is 542. The molecule has 0 amide bonds. The monoisotopic (exact) mass is 269 g/mol. The van der Waals surface area contributed by atoms with Crippen molar-refractivity contribution in [3.8, 4) is 0 Å². The lowest BCUT2D eigenvalue weighted by molar-refractivity contribution is 0.248. The highest BCUT2D eigenvalue weighted by molar-refractivity contribution is 7.89. The lowest BCUT2D eigenvalue weighted by Crippen LogP contribution is -2.43. The molecule has 0 saturated carbocycles. The van der Waals surface area contributed by atoms with Crippen LogP contribution in [-0.2, 0) is 10.0 Å². The summed E-state index contributed by atoms with van der Waals surface area (Å²) >= 11 is 0. The van der Waals surface area contributed by atoms with E-state index in [4.69, 9.17) is 0 Å². The van der Waals surface area contributed by atoms with Gasteiger partial charge in [0.05, 0.1) is 4.90 Å². The SMILES string of the molecule is O=S(=O)(c1cccc(F)c1)N1C2CCCC1CC2. The van der Waals surface area contributed by atoms with Gasteiger partial charge >= 0.3 is 0 Å². The third-order valence-corrected chi connectivity index (χ3v) is 6.00. The molecule has 1 aromatic carbocycles. The molecule has 2 unspecified atom stereocenters. The fourth-order valence-corrected chi connectivity index (χ4v) is 5.17. The van der Waals surface area contributed by atoms with Gasteiger partial charge in [-0.15, -0.1) is 0 Å². The van der Waals surface area contributed by atoms with Crippen LogP contribution in [0.1, 0.15) is 32.1 Å². The molecule has 18 heavy (non-hydrogen) atoms. The van der Waals surface area contributed by atoms with Crippen LogP contribution in [0.25, 0.3) is 0 Å². The van der Waals surface area contributed by atoms with E-state index < -0.39 is 15.8 Å². The summed E-state index contributed by atoms with van der Waals surface area (Å²) in [6, 6.07) is 5.56. The second kappa shape index (κ2) is 4.31. The molecule has 0 radical (unpaired) electrons. The molecule has 0 N–H and O–H groups in total. The molecule has 98 valence electrons. The molecule has 3 nitrogen and oxygen atoms in total. The second-order valence-corrected chi connectivity index (χ2v) is 6.95. The Labute approximate surface area is 107 Å². The molecule has 2 fully saturated rings. The van der Waals surface area contributed by atoms with Crippen LogP contribution in [0.5, 0.6) is 0 Å². The molecule has 3 rings (SSSR count). The van der Waals surface area contributed by atoms with Crippen LogP contribution in [0.4, 0.5) is 4.39 Å². The highest BCUT2D eigenvalue weighted by Gasteiger charge is 2.44. The van der Waals surface area contributed by atoms with Crippen molar-refractivity contribution in [2.45, 2.75) is 49.1 Å². The minimum atomic E-state index is -3.53. The minimum absolute atomic E-state index is 0.0845. The summed E-state index contributed by atoms with van der Waals surface area (Å²) in [5.74, 6) is -0.500. The summed E-state index contributed by atoms with van der Waals surface area (Å²) < 4.78 is 39.9. The molecule has 0 aromatic heterocycles. The lowest BCUT2D eigenvalue weighted by atomic mass is 10.1. The predicted octanol–water partition coefficient (Wildman–Crippen LogP) is 2.53. The van der Waals surface area contributed by atoms with Gasteiger partial charge < -0.3 is 0 Å². The maximum Gasteiger partial charge on any atom is 0.243 e. The summed E-state index contributed by atoms with van der Waals surface area (Å²) in [4.78, 5) is 0.0845. The highest BCUT2D eigenvalue weighted by Crippen LogP contribution is 2.39. The van der Waals surface area contributed by atoms with E-state index in [9.17, 15) is 12.8 Å². The number of benzene rings is 1. The van der Waals surface area contributed by atoms with E-state index in [1.807, 2.05) is 0 Å². The first-order valence-electron chi connectivity index (χ1n) is 6.38. The average Bonchev–Trinajstić information content (AvgIpc) is 2.61. The van der Waals surface area contributed by atoms with Gasteiger partial charge in [0, 0.05) is 12.1 Å². The first kappa shape index (κ1) is 12.1. The van der Waals surface area contributed by atoms with Gasteiger partial charge in [-0.05, 0) is 43.9 Å². The van der Waals surface area contributed by atoms with Crippen LogP contribution >= 0.6 is 0 Å². The normalized spacial score (nSPS) is 28.5. The van der Waals surface area contributed by atoms with Crippen LogP contribution in [0.15, 0.2) is 29.2 Å². The zero-order valence-corrected chi connectivity index (χ0v) is 10.9. The Kier molecular flexibility index (Phi) is 2.90. The molecule has 5 heteroatoms. The van der Waals surface area contributed by atoms with E-state index in [0.717, 1.165) is 38.2 Å². The van der Waals surface area contributed by atoms with Crippen molar-refractivity contribution in [3.05, 3.63) is 30.1 Å². The van der Waals surface area contributed by atoms with E-state index >= 15 is 0 Å². The minimum Gasteiger partial charge on any atom is -0.207 e. The van der Waals surface area contributed by atoms with Crippen molar-refractivity contribution < 1.29 is 12.8 Å². The van der Waals surface area contributed by atoms with Gasteiger partial charge in [0.1, 0.15) is 5.82 Å². The maximum absolute atomic E-state index is 13.2. The molecular formula is C13H16FNO2S. The van der Waals surface area contributed by atoms with Gasteiger partial charge in [-0.3, -0.25) is 0 Å². The van der Waals surface area contributed by atoms with Gasteiger partial charge in [-0.1, -0.05) is 12.5 Å². The highest BCUT2D eigenvalue weighted by atomic mass is 32.2. The van der Waals surface area contributed by atoms with Crippen LogP contribution in [0.3, 0.4) is 0 Å². The second-order valence-electron chi connectivity index (χ2n) is 5.11. The van der Waals surface area contributed by atoms with Gasteiger partial charge in [-0.2, -0.15) is 4.31 Å². The molecule has 2 aliphatic rings.